The van der Waals surface area contributed by atoms with Gasteiger partial charge in [0.25, 0.3) is 17.3 Å². The normalized spacial score (nSPS) is 10.5. The molecule has 0 heterocycles. The molecule has 0 spiro atoms. The molecule has 0 fully saturated rings. The Kier molecular flexibility index (Phi) is 6.61. The Labute approximate surface area is 180 Å². The number of carbonyl (C=O) groups excluding carboxylic acids is 2. The van der Waals surface area contributed by atoms with Crippen LogP contribution in [0.1, 0.15) is 26.3 Å². The molecule has 0 aliphatic rings. The lowest BCUT2D eigenvalue weighted by Crippen LogP contribution is -2.17. The maximum absolute atomic E-state index is 12.3. The molecule has 0 aromatic heterocycles. The first-order valence-electron chi connectivity index (χ1n) is 8.98. The summed E-state index contributed by atoms with van der Waals surface area (Å²) < 4.78 is 5.33. The van der Waals surface area contributed by atoms with Gasteiger partial charge in [-0.05, 0) is 36.4 Å². The largest absolute Gasteiger partial charge is 0.422 e. The minimum atomic E-state index is -0.726. The van der Waals surface area contributed by atoms with E-state index in [4.69, 9.17) is 4.74 Å². The Morgan fingerprint density at radius 1 is 0.812 bits per heavy atom. The highest BCUT2D eigenvalue weighted by Crippen LogP contribution is 2.19. The zero-order chi connectivity index (χ0) is 23.1. The summed E-state index contributed by atoms with van der Waals surface area (Å²) in [6.45, 7) is 0. The quantitative estimate of drug-likeness (QED) is 0.196. The Balaban J connectivity index is 1.67. The summed E-state index contributed by atoms with van der Waals surface area (Å²) >= 11 is 0. The van der Waals surface area contributed by atoms with Gasteiger partial charge in [0.1, 0.15) is 5.75 Å². The van der Waals surface area contributed by atoms with Crippen LogP contribution in [0.2, 0.25) is 0 Å². The van der Waals surface area contributed by atoms with Crippen molar-refractivity contribution in [1.82, 2.24) is 5.43 Å². The van der Waals surface area contributed by atoms with Gasteiger partial charge in [-0.2, -0.15) is 5.10 Å². The summed E-state index contributed by atoms with van der Waals surface area (Å²) in [4.78, 5) is 44.7. The number of rotatable bonds is 7. The van der Waals surface area contributed by atoms with Gasteiger partial charge in [-0.15, -0.1) is 0 Å². The Bertz CT molecular complexity index is 1210. The molecular weight excluding hydrogens is 420 g/mol. The summed E-state index contributed by atoms with van der Waals surface area (Å²) in [7, 11) is 0. The van der Waals surface area contributed by atoms with E-state index < -0.39 is 21.7 Å². The molecule has 11 heteroatoms. The van der Waals surface area contributed by atoms with Gasteiger partial charge >= 0.3 is 5.97 Å². The minimum absolute atomic E-state index is 0.119. The summed E-state index contributed by atoms with van der Waals surface area (Å²) in [5.74, 6) is -1.16. The van der Waals surface area contributed by atoms with Crippen LogP contribution in [0.5, 0.6) is 5.75 Å². The van der Waals surface area contributed by atoms with Gasteiger partial charge < -0.3 is 4.74 Å². The molecule has 0 unspecified atom stereocenters. The summed E-state index contributed by atoms with van der Waals surface area (Å²) in [6, 6.07) is 16.3. The van der Waals surface area contributed by atoms with Crippen molar-refractivity contribution in [3.63, 3.8) is 0 Å². The van der Waals surface area contributed by atoms with Gasteiger partial charge in [-0.25, -0.2) is 10.2 Å². The van der Waals surface area contributed by atoms with Crippen LogP contribution in [0, 0.1) is 20.2 Å². The van der Waals surface area contributed by atoms with E-state index in [1.807, 2.05) is 0 Å². The highest BCUT2D eigenvalue weighted by molar-refractivity contribution is 5.96. The van der Waals surface area contributed by atoms with Crippen molar-refractivity contribution < 1.29 is 24.2 Å². The topological polar surface area (TPSA) is 154 Å². The van der Waals surface area contributed by atoms with Crippen molar-refractivity contribution >= 4 is 29.5 Å². The van der Waals surface area contributed by atoms with E-state index in [-0.39, 0.29) is 28.3 Å². The molecule has 32 heavy (non-hydrogen) atoms. The number of hydrazone groups is 1. The standard InChI is InChI=1S/C21H14N4O7/c26-20(14-5-9-17(10-6-14)24(28)29)23-22-13-16-3-1-2-4-19(16)32-21(27)15-7-11-18(12-8-15)25(30)31/h1-13H,(H,23,26). The molecule has 0 aliphatic heterocycles. The third-order valence-corrected chi connectivity index (χ3v) is 4.15. The maximum atomic E-state index is 12.3. The van der Waals surface area contributed by atoms with E-state index in [0.717, 1.165) is 0 Å². The zero-order valence-corrected chi connectivity index (χ0v) is 16.2. The lowest BCUT2D eigenvalue weighted by atomic mass is 10.2. The molecule has 0 aliphatic carbocycles. The number of nitrogens with one attached hydrogen (secondary N) is 1. The van der Waals surface area contributed by atoms with Gasteiger partial charge in [0.2, 0.25) is 0 Å². The van der Waals surface area contributed by atoms with Crippen molar-refractivity contribution in [2.75, 3.05) is 0 Å². The molecule has 3 aromatic carbocycles. The van der Waals surface area contributed by atoms with Crippen molar-refractivity contribution in [1.29, 1.82) is 0 Å². The highest BCUT2D eigenvalue weighted by atomic mass is 16.6. The van der Waals surface area contributed by atoms with Gasteiger partial charge in [0.05, 0.1) is 21.6 Å². The monoisotopic (exact) mass is 434 g/mol. The Morgan fingerprint density at radius 3 is 1.91 bits per heavy atom. The van der Waals surface area contributed by atoms with Gasteiger partial charge in [0.15, 0.2) is 0 Å². The number of carbonyl (C=O) groups is 2. The van der Waals surface area contributed by atoms with Gasteiger partial charge in [0, 0.05) is 35.4 Å². The van der Waals surface area contributed by atoms with E-state index in [9.17, 15) is 29.8 Å². The number of hydrogen-bond acceptors (Lipinski definition) is 8. The minimum Gasteiger partial charge on any atom is -0.422 e. The number of benzene rings is 3. The number of amides is 1. The molecule has 0 radical (unpaired) electrons. The van der Waals surface area contributed by atoms with Crippen molar-refractivity contribution in [3.05, 3.63) is 110 Å². The third-order valence-electron chi connectivity index (χ3n) is 4.15. The van der Waals surface area contributed by atoms with Crippen LogP contribution in [-0.4, -0.2) is 27.9 Å². The molecule has 3 rings (SSSR count). The van der Waals surface area contributed by atoms with Crippen LogP contribution in [0.3, 0.4) is 0 Å². The molecule has 0 saturated heterocycles. The molecule has 0 saturated carbocycles. The second-order valence-electron chi connectivity index (χ2n) is 6.23. The molecule has 160 valence electrons. The number of esters is 1. The van der Waals surface area contributed by atoms with Crippen LogP contribution >= 0.6 is 0 Å². The van der Waals surface area contributed by atoms with Crippen molar-refractivity contribution in [3.8, 4) is 5.75 Å². The fourth-order valence-corrected chi connectivity index (χ4v) is 2.52. The van der Waals surface area contributed by atoms with Gasteiger partial charge in [-0.3, -0.25) is 25.0 Å². The van der Waals surface area contributed by atoms with E-state index in [2.05, 4.69) is 10.5 Å². The maximum Gasteiger partial charge on any atom is 0.343 e. The Hall–Kier alpha value is -4.93. The smallest absolute Gasteiger partial charge is 0.343 e. The molecule has 0 bridgehead atoms. The average Bonchev–Trinajstić information content (AvgIpc) is 2.80. The Morgan fingerprint density at radius 2 is 1.34 bits per heavy atom. The average molecular weight is 434 g/mol. The molecule has 3 aromatic rings. The predicted molar refractivity (Wildman–Crippen MR) is 113 cm³/mol. The third kappa shape index (κ3) is 5.36. The first kappa shape index (κ1) is 21.8. The van der Waals surface area contributed by atoms with E-state index in [0.29, 0.717) is 5.56 Å². The number of ether oxygens (including phenoxy) is 1. The van der Waals surface area contributed by atoms with Crippen LogP contribution in [0.15, 0.2) is 77.9 Å². The van der Waals surface area contributed by atoms with Crippen LogP contribution in [0.4, 0.5) is 11.4 Å². The lowest BCUT2D eigenvalue weighted by Gasteiger charge is -2.07. The lowest BCUT2D eigenvalue weighted by molar-refractivity contribution is -0.385. The number of nitro benzene ring substituents is 2. The van der Waals surface area contributed by atoms with Crippen LogP contribution in [0.25, 0.3) is 0 Å². The number of non-ortho nitro benzene ring substituents is 2. The van der Waals surface area contributed by atoms with Crippen molar-refractivity contribution in [2.45, 2.75) is 0 Å². The van der Waals surface area contributed by atoms with Crippen molar-refractivity contribution in [2.24, 2.45) is 5.10 Å². The molecule has 0 atom stereocenters. The first-order valence-corrected chi connectivity index (χ1v) is 8.98. The second kappa shape index (κ2) is 9.71. The summed E-state index contributed by atoms with van der Waals surface area (Å²) in [5.41, 5.74) is 2.65. The number of hydrogen-bond donors (Lipinski definition) is 1. The number of nitrogens with zero attached hydrogens (tertiary/aromatic N) is 3. The zero-order valence-electron chi connectivity index (χ0n) is 16.2. The number of nitro groups is 2. The molecule has 1 N–H and O–H groups in total. The van der Waals surface area contributed by atoms with E-state index >= 15 is 0 Å². The fraction of sp³-hybridized carbons (Fsp3) is 0. The molecule has 1 amide bonds. The summed E-state index contributed by atoms with van der Waals surface area (Å²) in [5, 5.41) is 25.2. The molecule has 11 nitrogen and oxygen atoms in total. The fourth-order valence-electron chi connectivity index (χ4n) is 2.52. The van der Waals surface area contributed by atoms with E-state index in [1.54, 1.807) is 18.2 Å². The van der Waals surface area contributed by atoms with Crippen LogP contribution in [-0.2, 0) is 0 Å². The number of para-hydroxylation sites is 1. The first-order chi connectivity index (χ1) is 15.3. The summed E-state index contributed by atoms with van der Waals surface area (Å²) in [6.07, 6.45) is 1.27. The molecular formula is C21H14N4O7. The second-order valence-corrected chi connectivity index (χ2v) is 6.23. The SMILES string of the molecule is O=C(NN=Cc1ccccc1OC(=O)c1ccc([N+](=O)[O-])cc1)c1ccc([N+](=O)[O-])cc1. The highest BCUT2D eigenvalue weighted by Gasteiger charge is 2.13. The van der Waals surface area contributed by atoms with Gasteiger partial charge in [-0.1, -0.05) is 12.1 Å². The van der Waals surface area contributed by atoms with Crippen LogP contribution < -0.4 is 10.2 Å². The van der Waals surface area contributed by atoms with E-state index in [1.165, 1.54) is 60.8 Å². The predicted octanol–water partition coefficient (Wildman–Crippen LogP) is 3.49.